The molecular weight excluding hydrogens is 470 g/mol. The quantitative estimate of drug-likeness (QED) is 0.644. The molecule has 1 saturated heterocycles. The molecule has 1 fully saturated rings. The zero-order valence-corrected chi connectivity index (χ0v) is 18.7. The van der Waals surface area contributed by atoms with E-state index in [1.807, 2.05) is 0 Å². The van der Waals surface area contributed by atoms with Gasteiger partial charge in [0.05, 0.1) is 23.2 Å². The first-order chi connectivity index (χ1) is 15.1. The summed E-state index contributed by atoms with van der Waals surface area (Å²) in [5.41, 5.74) is -4.28. The van der Waals surface area contributed by atoms with E-state index in [0.29, 0.717) is 5.56 Å². The van der Waals surface area contributed by atoms with Crippen molar-refractivity contribution in [1.82, 2.24) is 4.90 Å². The maximum absolute atomic E-state index is 14.4. The summed E-state index contributed by atoms with van der Waals surface area (Å²) in [7, 11) is 0.860. The number of alkyl halides is 3. The summed E-state index contributed by atoms with van der Waals surface area (Å²) < 4.78 is 53.9. The van der Waals surface area contributed by atoms with E-state index in [0.717, 1.165) is 12.0 Å². The lowest BCUT2D eigenvalue weighted by atomic mass is 9.86. The molecule has 1 amide bonds. The lowest BCUT2D eigenvalue weighted by molar-refractivity contribution is -0.273. The predicted molar refractivity (Wildman–Crippen MR) is 114 cm³/mol. The largest absolute Gasteiger partial charge is 0.430 e. The zero-order valence-electron chi connectivity index (χ0n) is 17.2. The maximum atomic E-state index is 14.4. The van der Waals surface area contributed by atoms with Crippen molar-refractivity contribution >= 4 is 29.1 Å². The van der Waals surface area contributed by atoms with Crippen LogP contribution in [0.4, 0.5) is 13.2 Å². The van der Waals surface area contributed by atoms with E-state index in [1.54, 1.807) is 12.1 Å². The Kier molecular flexibility index (Phi) is 7.41. The first-order valence-corrected chi connectivity index (χ1v) is 10.5. The number of hydrogen-bond donors (Lipinski definition) is 1. The molecule has 2 atom stereocenters. The van der Waals surface area contributed by atoms with Crippen molar-refractivity contribution < 1.29 is 32.5 Å². The third-order valence-electron chi connectivity index (χ3n) is 5.62. The number of aliphatic hydroxyl groups excluding tert-OH is 1. The molecule has 0 bridgehead atoms. The highest BCUT2D eigenvalue weighted by Crippen LogP contribution is 2.45. The standard InChI is InChI=1S/C22H22Cl2F3NO4/c1-31-21(22(25,26)27,15-5-3-2-4-6-15)19(30)28-10-12-32-20(14-28,9-11-29)16-7-8-17(23)18(24)13-16/h2-8,13,29H,9-12,14H2,1H3. The average Bonchev–Trinajstić information content (AvgIpc) is 2.76. The van der Waals surface area contributed by atoms with Crippen LogP contribution in [-0.4, -0.2) is 55.5 Å². The van der Waals surface area contributed by atoms with Crippen LogP contribution in [0.3, 0.4) is 0 Å². The second kappa shape index (κ2) is 9.57. The number of carbonyl (C=O) groups is 1. The van der Waals surface area contributed by atoms with E-state index in [-0.39, 0.29) is 48.3 Å². The van der Waals surface area contributed by atoms with Gasteiger partial charge < -0.3 is 19.5 Å². The van der Waals surface area contributed by atoms with E-state index in [9.17, 15) is 23.1 Å². The van der Waals surface area contributed by atoms with Crippen LogP contribution in [0, 0.1) is 0 Å². The fraction of sp³-hybridized carbons (Fsp3) is 0.409. The minimum atomic E-state index is -5.03. The maximum Gasteiger partial charge on any atom is 0.430 e. The Morgan fingerprint density at radius 3 is 2.44 bits per heavy atom. The molecule has 1 aliphatic heterocycles. The van der Waals surface area contributed by atoms with Crippen molar-refractivity contribution in [2.75, 3.05) is 33.4 Å². The Balaban J connectivity index is 2.05. The van der Waals surface area contributed by atoms with Crippen LogP contribution >= 0.6 is 23.2 Å². The van der Waals surface area contributed by atoms with E-state index in [1.165, 1.54) is 36.4 Å². The van der Waals surface area contributed by atoms with Crippen molar-refractivity contribution in [2.24, 2.45) is 0 Å². The van der Waals surface area contributed by atoms with Gasteiger partial charge in [0.25, 0.3) is 11.5 Å². The fourth-order valence-corrected chi connectivity index (χ4v) is 4.31. The van der Waals surface area contributed by atoms with Gasteiger partial charge in [-0.05, 0) is 17.7 Å². The number of halogens is 5. The van der Waals surface area contributed by atoms with E-state index >= 15 is 0 Å². The zero-order chi connectivity index (χ0) is 23.6. The summed E-state index contributed by atoms with van der Waals surface area (Å²) >= 11 is 12.1. The van der Waals surface area contributed by atoms with Gasteiger partial charge in [-0.25, -0.2) is 0 Å². The Bertz CT molecular complexity index is 956. The van der Waals surface area contributed by atoms with Gasteiger partial charge in [0.15, 0.2) is 0 Å². The normalized spacial score (nSPS) is 21.3. The van der Waals surface area contributed by atoms with Gasteiger partial charge in [-0.1, -0.05) is 59.6 Å². The van der Waals surface area contributed by atoms with Crippen LogP contribution in [-0.2, 0) is 25.5 Å². The molecule has 2 aromatic carbocycles. The van der Waals surface area contributed by atoms with Crippen molar-refractivity contribution in [3.8, 4) is 0 Å². The van der Waals surface area contributed by atoms with Gasteiger partial charge in [-0.15, -0.1) is 0 Å². The molecule has 1 heterocycles. The molecule has 0 aromatic heterocycles. The molecule has 1 N–H and O–H groups in total. The highest BCUT2D eigenvalue weighted by Gasteiger charge is 2.64. The summed E-state index contributed by atoms with van der Waals surface area (Å²) in [6.07, 6.45) is -4.99. The lowest BCUT2D eigenvalue weighted by Gasteiger charge is -2.46. The van der Waals surface area contributed by atoms with Gasteiger partial charge in [-0.3, -0.25) is 4.79 Å². The molecule has 32 heavy (non-hydrogen) atoms. The Labute approximate surface area is 193 Å². The van der Waals surface area contributed by atoms with Crippen LogP contribution in [0.15, 0.2) is 48.5 Å². The van der Waals surface area contributed by atoms with Gasteiger partial charge in [-0.2, -0.15) is 13.2 Å². The van der Waals surface area contributed by atoms with E-state index in [4.69, 9.17) is 32.7 Å². The topological polar surface area (TPSA) is 59.0 Å². The Morgan fingerprint density at radius 2 is 1.88 bits per heavy atom. The van der Waals surface area contributed by atoms with Crippen molar-refractivity contribution in [1.29, 1.82) is 0 Å². The molecular formula is C22H22Cl2F3NO4. The second-order valence-corrected chi connectivity index (χ2v) is 8.24. The van der Waals surface area contributed by atoms with E-state index in [2.05, 4.69) is 0 Å². The first kappa shape index (κ1) is 24.8. The van der Waals surface area contributed by atoms with E-state index < -0.39 is 23.3 Å². The molecule has 2 unspecified atom stereocenters. The Hall–Kier alpha value is -1.84. The number of morpholine rings is 1. The van der Waals surface area contributed by atoms with Crippen LogP contribution in [0.2, 0.25) is 10.0 Å². The summed E-state index contributed by atoms with van der Waals surface area (Å²) in [6, 6.07) is 11.4. The number of ether oxygens (including phenoxy) is 2. The molecule has 2 aromatic rings. The van der Waals surface area contributed by atoms with Gasteiger partial charge in [0.2, 0.25) is 0 Å². The van der Waals surface area contributed by atoms with Gasteiger partial charge >= 0.3 is 6.18 Å². The summed E-state index contributed by atoms with van der Waals surface area (Å²) in [5.74, 6) is -1.26. The molecule has 0 radical (unpaired) electrons. The van der Waals surface area contributed by atoms with Crippen LogP contribution < -0.4 is 0 Å². The van der Waals surface area contributed by atoms with Crippen molar-refractivity contribution in [3.63, 3.8) is 0 Å². The number of nitrogens with zero attached hydrogens (tertiary/aromatic N) is 1. The molecule has 5 nitrogen and oxygen atoms in total. The van der Waals surface area contributed by atoms with Crippen molar-refractivity contribution in [2.45, 2.75) is 23.8 Å². The fourth-order valence-electron chi connectivity index (χ4n) is 4.01. The molecule has 174 valence electrons. The number of aliphatic hydroxyl groups is 1. The monoisotopic (exact) mass is 491 g/mol. The number of carbonyl (C=O) groups excluding carboxylic acids is 1. The number of rotatable bonds is 6. The number of methoxy groups -OCH3 is 1. The van der Waals surface area contributed by atoms with Gasteiger partial charge in [0.1, 0.15) is 5.60 Å². The molecule has 1 aliphatic rings. The third-order valence-corrected chi connectivity index (χ3v) is 6.36. The van der Waals surface area contributed by atoms with Gasteiger partial charge in [0, 0.05) is 32.2 Å². The minimum Gasteiger partial charge on any atom is -0.396 e. The molecule has 0 spiro atoms. The third kappa shape index (κ3) is 4.34. The summed E-state index contributed by atoms with van der Waals surface area (Å²) in [6.45, 7) is -0.687. The molecule has 3 rings (SSSR count). The molecule has 0 aliphatic carbocycles. The van der Waals surface area contributed by atoms with Crippen LogP contribution in [0.1, 0.15) is 17.5 Å². The number of hydrogen-bond acceptors (Lipinski definition) is 4. The van der Waals surface area contributed by atoms with Crippen LogP contribution in [0.25, 0.3) is 0 Å². The highest BCUT2D eigenvalue weighted by molar-refractivity contribution is 6.42. The smallest absolute Gasteiger partial charge is 0.396 e. The SMILES string of the molecule is COC(C(=O)N1CCOC(CCO)(c2ccc(Cl)c(Cl)c2)C1)(c1ccccc1)C(F)(F)F. The lowest BCUT2D eigenvalue weighted by Crippen LogP contribution is -2.61. The predicted octanol–water partition coefficient (Wildman–Crippen LogP) is 4.53. The summed E-state index contributed by atoms with van der Waals surface area (Å²) in [4.78, 5) is 14.5. The number of amides is 1. The van der Waals surface area contributed by atoms with Crippen molar-refractivity contribution in [3.05, 3.63) is 69.7 Å². The first-order valence-electron chi connectivity index (χ1n) is 9.78. The molecule has 10 heteroatoms. The Morgan fingerprint density at radius 1 is 1.19 bits per heavy atom. The highest BCUT2D eigenvalue weighted by atomic mass is 35.5. The summed E-state index contributed by atoms with van der Waals surface area (Å²) in [5, 5.41) is 10.2. The number of benzene rings is 2. The molecule has 0 saturated carbocycles. The average molecular weight is 492 g/mol. The van der Waals surface area contributed by atoms with Crippen LogP contribution in [0.5, 0.6) is 0 Å². The minimum absolute atomic E-state index is 0.0338. The second-order valence-electron chi connectivity index (χ2n) is 7.42.